The highest BCUT2D eigenvalue weighted by Crippen LogP contribution is 2.24. The summed E-state index contributed by atoms with van der Waals surface area (Å²) >= 11 is 0. The zero-order chi connectivity index (χ0) is 19.2. The number of hydrogen-bond donors (Lipinski definition) is 1. The molecule has 0 unspecified atom stereocenters. The van der Waals surface area contributed by atoms with Gasteiger partial charge in [0.05, 0.1) is 29.5 Å². The first kappa shape index (κ1) is 18.6. The van der Waals surface area contributed by atoms with E-state index in [-0.39, 0.29) is 24.4 Å². The van der Waals surface area contributed by atoms with Gasteiger partial charge in [-0.25, -0.2) is 4.98 Å². The van der Waals surface area contributed by atoms with Crippen LogP contribution in [0.4, 0.5) is 5.69 Å². The van der Waals surface area contributed by atoms with Crippen molar-refractivity contribution in [1.29, 1.82) is 0 Å². The molecule has 0 aliphatic carbocycles. The van der Waals surface area contributed by atoms with Crippen LogP contribution in [0.1, 0.15) is 25.3 Å². The van der Waals surface area contributed by atoms with E-state index in [0.29, 0.717) is 28.9 Å². The van der Waals surface area contributed by atoms with Crippen LogP contribution in [-0.2, 0) is 11.3 Å². The number of amides is 1. The molecule has 0 aliphatic rings. The topological polar surface area (TPSA) is 73.2 Å². The van der Waals surface area contributed by atoms with E-state index in [2.05, 4.69) is 10.3 Å². The fourth-order valence-electron chi connectivity index (χ4n) is 2.84. The number of anilines is 1. The Kier molecular flexibility index (Phi) is 5.86. The fraction of sp³-hybridized carbons (Fsp3) is 0.286. The van der Waals surface area contributed by atoms with E-state index in [4.69, 9.17) is 4.74 Å². The summed E-state index contributed by atoms with van der Waals surface area (Å²) in [6.07, 6.45) is 2.56. The largest absolute Gasteiger partial charge is 0.491 e. The van der Waals surface area contributed by atoms with E-state index in [9.17, 15) is 9.59 Å². The molecule has 27 heavy (non-hydrogen) atoms. The van der Waals surface area contributed by atoms with E-state index >= 15 is 0 Å². The van der Waals surface area contributed by atoms with Gasteiger partial charge in [0.25, 0.3) is 5.56 Å². The molecule has 1 aromatic heterocycles. The Hall–Kier alpha value is -3.15. The number of ether oxygens (including phenoxy) is 1. The van der Waals surface area contributed by atoms with Gasteiger partial charge in [-0.15, -0.1) is 0 Å². The molecule has 1 amide bonds. The quantitative estimate of drug-likeness (QED) is 0.695. The number of aryl methyl sites for hydroxylation is 2. The van der Waals surface area contributed by atoms with Crippen molar-refractivity contribution in [3.8, 4) is 5.75 Å². The number of rotatable bonds is 7. The summed E-state index contributed by atoms with van der Waals surface area (Å²) in [6.45, 7) is 4.80. The molecule has 0 bridgehead atoms. The van der Waals surface area contributed by atoms with Crippen LogP contribution < -0.4 is 15.6 Å². The number of aromatic nitrogens is 2. The van der Waals surface area contributed by atoms with Crippen molar-refractivity contribution in [2.45, 2.75) is 33.2 Å². The molecule has 3 aromatic rings. The zero-order valence-corrected chi connectivity index (χ0v) is 15.6. The van der Waals surface area contributed by atoms with Crippen LogP contribution in [0.2, 0.25) is 0 Å². The van der Waals surface area contributed by atoms with Crippen LogP contribution in [0, 0.1) is 6.92 Å². The minimum atomic E-state index is -0.182. The van der Waals surface area contributed by atoms with Gasteiger partial charge < -0.3 is 10.1 Å². The van der Waals surface area contributed by atoms with Gasteiger partial charge in [0.1, 0.15) is 5.75 Å². The first-order chi connectivity index (χ1) is 13.1. The van der Waals surface area contributed by atoms with E-state index < -0.39 is 0 Å². The Morgan fingerprint density at radius 1 is 1.19 bits per heavy atom. The Labute approximate surface area is 157 Å². The minimum Gasteiger partial charge on any atom is -0.491 e. The predicted molar refractivity (Wildman–Crippen MR) is 106 cm³/mol. The van der Waals surface area contributed by atoms with E-state index in [1.54, 1.807) is 12.1 Å². The van der Waals surface area contributed by atoms with Gasteiger partial charge >= 0.3 is 0 Å². The molecule has 0 saturated carbocycles. The van der Waals surface area contributed by atoms with Crippen molar-refractivity contribution in [3.63, 3.8) is 0 Å². The van der Waals surface area contributed by atoms with Crippen LogP contribution in [0.15, 0.2) is 53.6 Å². The van der Waals surface area contributed by atoms with Crippen LogP contribution in [0.25, 0.3) is 10.9 Å². The summed E-state index contributed by atoms with van der Waals surface area (Å²) in [5.74, 6) is 0.464. The van der Waals surface area contributed by atoms with Crippen molar-refractivity contribution < 1.29 is 9.53 Å². The van der Waals surface area contributed by atoms with Gasteiger partial charge in [-0.1, -0.05) is 31.2 Å². The molecule has 0 atom stereocenters. The molecule has 0 aliphatic heterocycles. The van der Waals surface area contributed by atoms with Crippen LogP contribution in [-0.4, -0.2) is 22.1 Å². The second-order valence-corrected chi connectivity index (χ2v) is 6.36. The maximum atomic E-state index is 12.6. The van der Waals surface area contributed by atoms with Crippen LogP contribution in [0.3, 0.4) is 0 Å². The molecule has 0 radical (unpaired) electrons. The Balaban J connectivity index is 1.69. The fourth-order valence-corrected chi connectivity index (χ4v) is 2.84. The lowest BCUT2D eigenvalue weighted by atomic mass is 10.1. The first-order valence-electron chi connectivity index (χ1n) is 9.06. The lowest BCUT2D eigenvalue weighted by Gasteiger charge is -2.12. The van der Waals surface area contributed by atoms with E-state index in [1.807, 2.05) is 44.2 Å². The first-order valence-corrected chi connectivity index (χ1v) is 9.06. The van der Waals surface area contributed by atoms with Crippen LogP contribution >= 0.6 is 0 Å². The molecule has 1 N–H and O–H groups in total. The number of nitrogens with one attached hydrogen (secondary N) is 1. The van der Waals surface area contributed by atoms with Gasteiger partial charge in [-0.05, 0) is 37.1 Å². The zero-order valence-electron chi connectivity index (χ0n) is 15.6. The highest BCUT2D eigenvalue weighted by Gasteiger charge is 2.10. The molecule has 0 spiro atoms. The normalized spacial score (nSPS) is 10.7. The second-order valence-electron chi connectivity index (χ2n) is 6.36. The predicted octanol–water partition coefficient (Wildman–Crippen LogP) is 3.52. The third-order valence-corrected chi connectivity index (χ3v) is 4.26. The molecule has 6 heteroatoms. The van der Waals surface area contributed by atoms with Crippen molar-refractivity contribution in [1.82, 2.24) is 9.55 Å². The maximum absolute atomic E-state index is 12.6. The maximum Gasteiger partial charge on any atom is 0.261 e. The number of para-hydroxylation sites is 3. The summed E-state index contributed by atoms with van der Waals surface area (Å²) < 4.78 is 7.12. The summed E-state index contributed by atoms with van der Waals surface area (Å²) in [5, 5.41) is 3.42. The number of benzene rings is 2. The van der Waals surface area contributed by atoms with Crippen molar-refractivity contribution in [2.24, 2.45) is 0 Å². The van der Waals surface area contributed by atoms with Gasteiger partial charge in [0.2, 0.25) is 5.91 Å². The Morgan fingerprint density at radius 2 is 2.00 bits per heavy atom. The number of hydrogen-bond acceptors (Lipinski definition) is 4. The average molecular weight is 365 g/mol. The average Bonchev–Trinajstić information content (AvgIpc) is 2.67. The third kappa shape index (κ3) is 4.34. The molecular formula is C21H23N3O3. The number of fused-ring (bicyclic) bond motifs is 1. The Bertz CT molecular complexity index is 1010. The summed E-state index contributed by atoms with van der Waals surface area (Å²) in [4.78, 5) is 29.3. The summed E-state index contributed by atoms with van der Waals surface area (Å²) in [5.41, 5.74) is 2.15. The number of nitrogens with zero attached hydrogens (tertiary/aromatic N) is 2. The summed E-state index contributed by atoms with van der Waals surface area (Å²) in [7, 11) is 0. The number of carbonyl (C=O) groups is 1. The highest BCUT2D eigenvalue weighted by atomic mass is 16.5. The molecule has 0 fully saturated rings. The molecule has 1 heterocycles. The number of carbonyl (C=O) groups excluding carboxylic acids is 1. The van der Waals surface area contributed by atoms with Crippen molar-refractivity contribution in [2.75, 3.05) is 11.9 Å². The van der Waals surface area contributed by atoms with Crippen molar-refractivity contribution in [3.05, 3.63) is 64.7 Å². The molecule has 3 rings (SSSR count). The van der Waals surface area contributed by atoms with Crippen molar-refractivity contribution >= 4 is 22.5 Å². The molecule has 140 valence electrons. The van der Waals surface area contributed by atoms with Gasteiger partial charge in [-0.2, -0.15) is 0 Å². The lowest BCUT2D eigenvalue weighted by molar-refractivity contribution is -0.116. The molecule has 0 saturated heterocycles. The monoisotopic (exact) mass is 365 g/mol. The van der Waals surface area contributed by atoms with Crippen LogP contribution in [0.5, 0.6) is 5.75 Å². The summed E-state index contributed by atoms with van der Waals surface area (Å²) in [6, 6.07) is 12.9. The van der Waals surface area contributed by atoms with Gasteiger partial charge in [0.15, 0.2) is 0 Å². The van der Waals surface area contributed by atoms with E-state index in [1.165, 1.54) is 10.9 Å². The highest BCUT2D eigenvalue weighted by molar-refractivity contribution is 5.92. The third-order valence-electron chi connectivity index (χ3n) is 4.26. The SMILES string of the molecule is CCCOc1ccccc1NC(=O)CCn1cnc2c(C)cccc2c1=O. The van der Waals surface area contributed by atoms with E-state index in [0.717, 1.165) is 12.0 Å². The second kappa shape index (κ2) is 8.49. The smallest absolute Gasteiger partial charge is 0.261 e. The molecular weight excluding hydrogens is 342 g/mol. The van der Waals surface area contributed by atoms with Gasteiger partial charge in [0, 0.05) is 13.0 Å². The Morgan fingerprint density at radius 3 is 2.81 bits per heavy atom. The lowest BCUT2D eigenvalue weighted by Crippen LogP contribution is -2.24. The molecule has 2 aromatic carbocycles. The van der Waals surface area contributed by atoms with Gasteiger partial charge in [-0.3, -0.25) is 14.2 Å². The molecule has 6 nitrogen and oxygen atoms in total. The minimum absolute atomic E-state index is 0.136. The standard InChI is InChI=1S/C21H23N3O3/c1-3-13-27-18-10-5-4-9-17(18)23-19(25)11-12-24-14-22-20-15(2)7-6-8-16(20)21(24)26/h4-10,14H,3,11-13H2,1-2H3,(H,23,25).